The molecule has 208 valence electrons. The number of rotatable bonds is 7. The number of anilines is 1. The molecule has 3 heterocycles. The molecule has 14 heteroatoms. The predicted molar refractivity (Wildman–Crippen MR) is 120 cm³/mol. The fourth-order valence-electron chi connectivity index (χ4n) is 4.56. The Morgan fingerprint density at radius 1 is 1.21 bits per heavy atom. The minimum Gasteiger partial charge on any atom is -0.490 e. The van der Waals surface area contributed by atoms with E-state index in [0.717, 1.165) is 13.1 Å². The first-order chi connectivity index (χ1) is 17.7. The Labute approximate surface area is 213 Å². The normalized spacial score (nSPS) is 26.7. The summed E-state index contributed by atoms with van der Waals surface area (Å²) in [5.41, 5.74) is -2.81. The zero-order chi connectivity index (χ0) is 28.0. The van der Waals surface area contributed by atoms with Gasteiger partial charge in [0, 0.05) is 17.4 Å². The third kappa shape index (κ3) is 4.83. The molecule has 5 atom stereocenters. The lowest BCUT2D eigenvalue weighted by molar-refractivity contribution is -0.287. The number of amides is 1. The van der Waals surface area contributed by atoms with Crippen molar-refractivity contribution in [1.29, 1.82) is 0 Å². The molecule has 1 amide bonds. The number of alkyl halides is 5. The molecule has 4 rings (SSSR count). The van der Waals surface area contributed by atoms with Gasteiger partial charge in [-0.05, 0) is 32.0 Å². The van der Waals surface area contributed by atoms with E-state index < -0.39 is 66.1 Å². The van der Waals surface area contributed by atoms with Crippen molar-refractivity contribution in [1.82, 2.24) is 4.98 Å². The van der Waals surface area contributed by atoms with Crippen LogP contribution in [0.4, 0.5) is 27.6 Å². The summed E-state index contributed by atoms with van der Waals surface area (Å²) in [6.07, 6.45) is -10.9. The van der Waals surface area contributed by atoms with Crippen molar-refractivity contribution in [2.24, 2.45) is 5.92 Å². The van der Waals surface area contributed by atoms with Crippen molar-refractivity contribution in [2.75, 3.05) is 18.5 Å². The summed E-state index contributed by atoms with van der Waals surface area (Å²) in [6.45, 7) is 3.08. The van der Waals surface area contributed by atoms with Crippen LogP contribution in [0.25, 0.3) is 0 Å². The number of fused-ring (bicyclic) bond motifs is 1. The van der Waals surface area contributed by atoms with Crippen LogP contribution in [-0.4, -0.2) is 58.5 Å². The molecule has 2 aliphatic rings. The van der Waals surface area contributed by atoms with Gasteiger partial charge in [-0.2, -0.15) is 13.2 Å². The molecule has 2 aliphatic heterocycles. The van der Waals surface area contributed by atoms with Crippen LogP contribution in [0.1, 0.15) is 44.1 Å². The van der Waals surface area contributed by atoms with Crippen LogP contribution in [-0.2, 0) is 9.53 Å². The number of carbonyl (C=O) groups excluding carboxylic acids is 1. The molecule has 0 saturated carbocycles. The van der Waals surface area contributed by atoms with Crippen LogP contribution >= 0.6 is 0 Å². The lowest BCUT2D eigenvalue weighted by Crippen LogP contribution is -2.47. The van der Waals surface area contributed by atoms with Crippen molar-refractivity contribution in [3.8, 4) is 17.2 Å². The van der Waals surface area contributed by atoms with Gasteiger partial charge in [0.25, 0.3) is 5.91 Å². The maximum atomic E-state index is 14.2. The molecule has 2 aromatic rings. The molecule has 3 N–H and O–H groups in total. The van der Waals surface area contributed by atoms with Crippen molar-refractivity contribution < 1.29 is 55.9 Å². The fourth-order valence-corrected chi connectivity index (χ4v) is 4.56. The molecular formula is C24H25F5N2O7. The number of pyridine rings is 1. The predicted octanol–water partition coefficient (Wildman–Crippen LogP) is 3.91. The summed E-state index contributed by atoms with van der Waals surface area (Å²) in [7, 11) is 0. The molecule has 0 aliphatic carbocycles. The van der Waals surface area contributed by atoms with E-state index in [-0.39, 0.29) is 29.3 Å². The average Bonchev–Trinajstić information content (AvgIpc) is 3.33. The summed E-state index contributed by atoms with van der Waals surface area (Å²) >= 11 is 0. The van der Waals surface area contributed by atoms with Crippen LogP contribution in [0, 0.1) is 5.92 Å². The Kier molecular flexibility index (Phi) is 7.18. The highest BCUT2D eigenvalue weighted by atomic mass is 19.4. The largest absolute Gasteiger partial charge is 0.586 e. The number of aliphatic hydroxyl groups excluding tert-OH is 2. The van der Waals surface area contributed by atoms with Crippen LogP contribution in [0.3, 0.4) is 0 Å². The molecule has 38 heavy (non-hydrogen) atoms. The van der Waals surface area contributed by atoms with Gasteiger partial charge in [0.2, 0.25) is 5.75 Å². The first kappa shape index (κ1) is 27.8. The number of benzene rings is 1. The monoisotopic (exact) mass is 548 g/mol. The van der Waals surface area contributed by atoms with Crippen LogP contribution < -0.4 is 19.5 Å². The van der Waals surface area contributed by atoms with Crippen LogP contribution in [0.5, 0.6) is 17.2 Å². The van der Waals surface area contributed by atoms with Gasteiger partial charge in [0.05, 0.1) is 30.8 Å². The molecule has 9 nitrogen and oxygen atoms in total. The summed E-state index contributed by atoms with van der Waals surface area (Å²) in [6, 6.07) is 5.12. The lowest BCUT2D eigenvalue weighted by Gasteiger charge is -2.31. The first-order valence-electron chi connectivity index (χ1n) is 11.6. The molecule has 0 spiro atoms. The molecule has 1 saturated heterocycles. The summed E-state index contributed by atoms with van der Waals surface area (Å²) in [5.74, 6) is -4.98. The Bertz CT molecular complexity index is 1190. The quantitative estimate of drug-likeness (QED) is 0.446. The smallest absolute Gasteiger partial charge is 0.490 e. The number of nitrogens with zero attached hydrogens (tertiary/aromatic N) is 1. The number of nitrogens with one attached hydrogen (secondary N) is 1. The van der Waals surface area contributed by atoms with Crippen LogP contribution in [0.2, 0.25) is 0 Å². The second kappa shape index (κ2) is 9.82. The zero-order valence-corrected chi connectivity index (χ0v) is 20.4. The highest BCUT2D eigenvalue weighted by Gasteiger charge is 2.66. The van der Waals surface area contributed by atoms with E-state index in [2.05, 4.69) is 19.8 Å². The minimum absolute atomic E-state index is 0.0579. The van der Waals surface area contributed by atoms with E-state index in [1.807, 2.05) is 0 Å². The third-order valence-corrected chi connectivity index (χ3v) is 6.70. The van der Waals surface area contributed by atoms with Gasteiger partial charge in [-0.3, -0.25) is 9.78 Å². The number of aliphatic hydroxyl groups is 2. The minimum atomic E-state index is -4.92. The van der Waals surface area contributed by atoms with Crippen molar-refractivity contribution in [2.45, 2.75) is 57.0 Å². The highest BCUT2D eigenvalue weighted by molar-refractivity contribution is 5.95. The molecule has 0 radical (unpaired) electrons. The maximum absolute atomic E-state index is 14.2. The average molecular weight is 548 g/mol. The van der Waals surface area contributed by atoms with Crippen LogP contribution in [0.15, 0.2) is 30.5 Å². The SMILES string of the molecule is CCOc1ccc([C@H]2[C@H](C(=O)Nc3ccc([C@@H](O)CO)nc3)O[C@@](C)(C(F)(F)F)[C@H]2C)c2c1OC(F)(F)O2. The number of hydrogen-bond donors (Lipinski definition) is 3. The van der Waals surface area contributed by atoms with E-state index in [1.54, 1.807) is 6.92 Å². The number of carbonyl (C=O) groups is 1. The van der Waals surface area contributed by atoms with Gasteiger partial charge < -0.3 is 34.5 Å². The maximum Gasteiger partial charge on any atom is 0.586 e. The van der Waals surface area contributed by atoms with Crippen molar-refractivity contribution >= 4 is 11.6 Å². The van der Waals surface area contributed by atoms with E-state index in [4.69, 9.17) is 14.6 Å². The van der Waals surface area contributed by atoms with E-state index in [0.29, 0.717) is 0 Å². The van der Waals surface area contributed by atoms with E-state index in [1.165, 1.54) is 31.2 Å². The topological polar surface area (TPSA) is 119 Å². The van der Waals surface area contributed by atoms with E-state index in [9.17, 15) is 31.9 Å². The number of aromatic nitrogens is 1. The van der Waals surface area contributed by atoms with Crippen molar-refractivity contribution in [3.63, 3.8) is 0 Å². The molecule has 1 aromatic heterocycles. The Morgan fingerprint density at radius 2 is 1.89 bits per heavy atom. The number of ether oxygens (including phenoxy) is 4. The summed E-state index contributed by atoms with van der Waals surface area (Å²) in [5, 5.41) is 21.1. The van der Waals surface area contributed by atoms with E-state index >= 15 is 0 Å². The standard InChI is InChI=1S/C24H25F5N2O7/c1-4-35-16-8-6-13(18-19(16)38-24(28,29)37-18)17-11(2)22(3,23(25,26)27)36-20(17)21(34)31-12-5-7-14(30-9-12)15(33)10-32/h5-9,11,15,17,20,32-33H,4,10H2,1-3H3,(H,31,34)/t11-,15-,17-,20+,22+/m0/s1. The molecule has 1 fully saturated rings. The second-order valence-electron chi connectivity index (χ2n) is 9.03. The van der Waals surface area contributed by atoms with Gasteiger partial charge in [0.1, 0.15) is 12.2 Å². The molecule has 0 unspecified atom stereocenters. The first-order valence-corrected chi connectivity index (χ1v) is 11.6. The van der Waals surface area contributed by atoms with Gasteiger partial charge in [0.15, 0.2) is 17.1 Å². The van der Waals surface area contributed by atoms with Gasteiger partial charge in [-0.25, -0.2) is 0 Å². The molecular weight excluding hydrogens is 523 g/mol. The van der Waals surface area contributed by atoms with Gasteiger partial charge >= 0.3 is 12.5 Å². The second-order valence-corrected chi connectivity index (χ2v) is 9.03. The molecule has 0 bridgehead atoms. The lowest BCUT2D eigenvalue weighted by atomic mass is 9.77. The highest BCUT2D eigenvalue weighted by Crippen LogP contribution is 2.58. The Hall–Kier alpha value is -3.23. The Morgan fingerprint density at radius 3 is 2.47 bits per heavy atom. The van der Waals surface area contributed by atoms with Crippen molar-refractivity contribution in [3.05, 3.63) is 41.7 Å². The number of hydrogen-bond acceptors (Lipinski definition) is 8. The Balaban J connectivity index is 1.74. The molecule has 1 aromatic carbocycles. The third-order valence-electron chi connectivity index (χ3n) is 6.70. The summed E-state index contributed by atoms with van der Waals surface area (Å²) in [4.78, 5) is 17.2. The van der Waals surface area contributed by atoms with Gasteiger partial charge in [-0.15, -0.1) is 8.78 Å². The van der Waals surface area contributed by atoms with Gasteiger partial charge in [-0.1, -0.05) is 13.0 Å². The number of halogens is 5. The fraction of sp³-hybridized carbons (Fsp3) is 0.500. The zero-order valence-electron chi connectivity index (χ0n) is 20.4. The summed E-state index contributed by atoms with van der Waals surface area (Å²) < 4.78 is 90.5.